The lowest BCUT2D eigenvalue weighted by atomic mass is 10.1. The summed E-state index contributed by atoms with van der Waals surface area (Å²) in [5.41, 5.74) is 1.96. The van der Waals surface area contributed by atoms with Crippen LogP contribution < -0.4 is 4.74 Å². The lowest BCUT2D eigenvalue weighted by Gasteiger charge is -2.35. The van der Waals surface area contributed by atoms with Crippen molar-refractivity contribution in [2.45, 2.75) is 45.9 Å². The minimum absolute atomic E-state index is 0.0873. The Morgan fingerprint density at radius 1 is 1.38 bits per heavy atom. The molecular weight excluding hydrogens is 266 g/mol. The van der Waals surface area contributed by atoms with E-state index >= 15 is 0 Å². The molecule has 2 rings (SSSR count). The predicted molar refractivity (Wildman–Crippen MR) is 83.8 cm³/mol. The Morgan fingerprint density at radius 2 is 2.14 bits per heavy atom. The van der Waals surface area contributed by atoms with Crippen molar-refractivity contribution in [1.29, 1.82) is 0 Å². The van der Waals surface area contributed by atoms with Gasteiger partial charge < -0.3 is 14.6 Å². The van der Waals surface area contributed by atoms with E-state index in [9.17, 15) is 5.11 Å². The van der Waals surface area contributed by atoms with Gasteiger partial charge in [0.2, 0.25) is 0 Å². The Morgan fingerprint density at radius 3 is 2.81 bits per heavy atom. The van der Waals surface area contributed by atoms with E-state index in [2.05, 4.69) is 18.7 Å². The molecule has 2 atom stereocenters. The van der Waals surface area contributed by atoms with Gasteiger partial charge in [-0.15, -0.1) is 0 Å². The van der Waals surface area contributed by atoms with Gasteiger partial charge in [-0.1, -0.05) is 11.6 Å². The first-order valence-corrected chi connectivity index (χ1v) is 7.74. The fourth-order valence-corrected chi connectivity index (χ4v) is 2.62. The van der Waals surface area contributed by atoms with E-state index in [0.717, 1.165) is 36.6 Å². The second-order valence-corrected chi connectivity index (χ2v) is 6.11. The molecular formula is C17H27NO3. The molecule has 0 aliphatic carbocycles. The molecule has 1 unspecified atom stereocenters. The van der Waals surface area contributed by atoms with Gasteiger partial charge in [0.1, 0.15) is 18.5 Å². The minimum atomic E-state index is -0.528. The molecule has 1 fully saturated rings. The maximum Gasteiger partial charge on any atom is 0.125 e. The molecule has 4 heteroatoms. The Labute approximate surface area is 127 Å². The number of ether oxygens (including phenoxy) is 2. The van der Waals surface area contributed by atoms with E-state index in [4.69, 9.17) is 9.47 Å². The molecule has 1 N–H and O–H groups in total. The second-order valence-electron chi connectivity index (χ2n) is 6.11. The highest BCUT2D eigenvalue weighted by Crippen LogP contribution is 2.26. The van der Waals surface area contributed by atoms with Crippen LogP contribution in [0.2, 0.25) is 0 Å². The first kappa shape index (κ1) is 16.3. The van der Waals surface area contributed by atoms with Gasteiger partial charge in [0.25, 0.3) is 0 Å². The van der Waals surface area contributed by atoms with Crippen molar-refractivity contribution in [2.24, 2.45) is 0 Å². The number of hydrogen-bond acceptors (Lipinski definition) is 4. The Kier molecular flexibility index (Phi) is 5.62. The summed E-state index contributed by atoms with van der Waals surface area (Å²) in [6.07, 6.45) is -0.441. The molecule has 0 aromatic heterocycles. The molecule has 1 aliphatic rings. The topological polar surface area (TPSA) is 41.9 Å². The lowest BCUT2D eigenvalue weighted by Crippen LogP contribution is -2.47. The Bertz CT molecular complexity index is 459. The maximum absolute atomic E-state index is 9.86. The average molecular weight is 293 g/mol. The number of aryl methyl sites for hydroxylation is 1. The van der Waals surface area contributed by atoms with Gasteiger partial charge in [-0.3, -0.25) is 4.90 Å². The molecule has 0 spiro atoms. The second kappa shape index (κ2) is 7.25. The van der Waals surface area contributed by atoms with Gasteiger partial charge >= 0.3 is 0 Å². The van der Waals surface area contributed by atoms with E-state index in [0.29, 0.717) is 12.6 Å². The molecule has 1 heterocycles. The molecule has 1 aliphatic heterocycles. The van der Waals surface area contributed by atoms with Crippen molar-refractivity contribution in [3.63, 3.8) is 0 Å². The van der Waals surface area contributed by atoms with Crippen molar-refractivity contribution < 1.29 is 14.6 Å². The highest BCUT2D eigenvalue weighted by molar-refractivity contribution is 5.38. The van der Waals surface area contributed by atoms with Crippen LogP contribution in [-0.4, -0.2) is 48.5 Å². The number of nitrogens with zero attached hydrogens (tertiary/aromatic N) is 1. The number of benzene rings is 1. The van der Waals surface area contributed by atoms with Gasteiger partial charge in [0.15, 0.2) is 0 Å². The van der Waals surface area contributed by atoms with Crippen LogP contribution in [-0.2, 0) is 4.74 Å². The maximum atomic E-state index is 9.86. The Hall–Kier alpha value is -1.10. The van der Waals surface area contributed by atoms with Crippen LogP contribution in [0, 0.1) is 6.92 Å². The van der Waals surface area contributed by atoms with Crippen molar-refractivity contribution in [1.82, 2.24) is 4.90 Å². The molecule has 4 nitrogen and oxygen atoms in total. The largest absolute Gasteiger partial charge is 0.490 e. The number of hydrogen-bond donors (Lipinski definition) is 1. The van der Waals surface area contributed by atoms with Gasteiger partial charge in [-0.25, -0.2) is 0 Å². The van der Waals surface area contributed by atoms with Crippen molar-refractivity contribution in [3.8, 4) is 5.75 Å². The summed E-state index contributed by atoms with van der Waals surface area (Å²) < 4.78 is 11.7. The smallest absolute Gasteiger partial charge is 0.125 e. The van der Waals surface area contributed by atoms with Gasteiger partial charge in [-0.2, -0.15) is 0 Å². The van der Waals surface area contributed by atoms with E-state index in [1.807, 2.05) is 25.1 Å². The van der Waals surface area contributed by atoms with E-state index in [1.165, 1.54) is 0 Å². The molecule has 118 valence electrons. The van der Waals surface area contributed by atoms with Gasteiger partial charge in [0, 0.05) is 24.7 Å². The van der Waals surface area contributed by atoms with Crippen LogP contribution in [0.4, 0.5) is 0 Å². The molecule has 0 amide bonds. The standard InChI is InChI=1S/C17H27NO3/c1-12(2)18-7-8-20-15(10-18)11-21-17-6-5-13(3)9-16(17)14(4)19/h5-6,9,12,14-15,19H,7-8,10-11H2,1-4H3/t14-,15?/m1/s1. The highest BCUT2D eigenvalue weighted by atomic mass is 16.5. The summed E-state index contributed by atoms with van der Waals surface area (Å²) in [7, 11) is 0. The van der Waals surface area contributed by atoms with Crippen LogP contribution in [0.3, 0.4) is 0 Å². The third-order valence-electron chi connectivity index (χ3n) is 3.94. The average Bonchev–Trinajstić information content (AvgIpc) is 2.46. The highest BCUT2D eigenvalue weighted by Gasteiger charge is 2.23. The summed E-state index contributed by atoms with van der Waals surface area (Å²) in [5.74, 6) is 0.751. The van der Waals surface area contributed by atoms with E-state index in [1.54, 1.807) is 6.92 Å². The summed E-state index contributed by atoms with van der Waals surface area (Å²) in [4.78, 5) is 2.41. The van der Waals surface area contributed by atoms with E-state index in [-0.39, 0.29) is 6.10 Å². The molecule has 0 bridgehead atoms. The number of rotatable bonds is 5. The van der Waals surface area contributed by atoms with Crippen molar-refractivity contribution in [2.75, 3.05) is 26.3 Å². The third-order valence-corrected chi connectivity index (χ3v) is 3.94. The molecule has 1 aromatic carbocycles. The SMILES string of the molecule is Cc1ccc(OCC2CN(C(C)C)CCO2)c([C@@H](C)O)c1. The van der Waals surface area contributed by atoms with Gasteiger partial charge in [0.05, 0.1) is 12.7 Å². The summed E-state index contributed by atoms with van der Waals surface area (Å²) in [6, 6.07) is 6.44. The zero-order valence-electron chi connectivity index (χ0n) is 13.5. The summed E-state index contributed by atoms with van der Waals surface area (Å²) >= 11 is 0. The molecule has 1 aromatic rings. The molecule has 0 radical (unpaired) electrons. The third kappa shape index (κ3) is 4.43. The minimum Gasteiger partial charge on any atom is -0.490 e. The molecule has 0 saturated carbocycles. The van der Waals surface area contributed by atoms with Crippen LogP contribution in [0.5, 0.6) is 5.75 Å². The number of aliphatic hydroxyl groups is 1. The molecule has 1 saturated heterocycles. The predicted octanol–water partition coefficient (Wildman–Crippen LogP) is 2.54. The normalized spacial score (nSPS) is 21.5. The molecule has 21 heavy (non-hydrogen) atoms. The summed E-state index contributed by atoms with van der Waals surface area (Å²) in [6.45, 7) is 11.3. The van der Waals surface area contributed by atoms with Crippen LogP contribution in [0.1, 0.15) is 38.0 Å². The monoisotopic (exact) mass is 293 g/mol. The van der Waals surface area contributed by atoms with E-state index < -0.39 is 6.10 Å². The van der Waals surface area contributed by atoms with Crippen LogP contribution in [0.15, 0.2) is 18.2 Å². The number of aliphatic hydroxyl groups excluding tert-OH is 1. The zero-order chi connectivity index (χ0) is 15.4. The number of morpholine rings is 1. The quantitative estimate of drug-likeness (QED) is 0.906. The first-order chi connectivity index (χ1) is 9.97. The fourth-order valence-electron chi connectivity index (χ4n) is 2.62. The van der Waals surface area contributed by atoms with Gasteiger partial charge in [-0.05, 0) is 39.8 Å². The van der Waals surface area contributed by atoms with Crippen LogP contribution in [0.25, 0.3) is 0 Å². The zero-order valence-corrected chi connectivity index (χ0v) is 13.5. The lowest BCUT2D eigenvalue weighted by molar-refractivity contribution is -0.0567. The van der Waals surface area contributed by atoms with Crippen molar-refractivity contribution in [3.05, 3.63) is 29.3 Å². The summed E-state index contributed by atoms with van der Waals surface area (Å²) in [5, 5.41) is 9.86. The fraction of sp³-hybridized carbons (Fsp3) is 0.647. The Balaban J connectivity index is 1.96. The van der Waals surface area contributed by atoms with Crippen LogP contribution >= 0.6 is 0 Å². The first-order valence-electron chi connectivity index (χ1n) is 7.74. The van der Waals surface area contributed by atoms with Crippen molar-refractivity contribution >= 4 is 0 Å².